The minimum absolute atomic E-state index is 0.212. The zero-order valence-electron chi connectivity index (χ0n) is 10.2. The van der Waals surface area contributed by atoms with Crippen molar-refractivity contribution in [3.8, 4) is 0 Å². The molecule has 0 unspecified atom stereocenters. The first-order valence-corrected chi connectivity index (χ1v) is 7.24. The van der Waals surface area contributed by atoms with E-state index in [1.165, 1.54) is 0 Å². The average Bonchev–Trinajstić information content (AvgIpc) is 2.29. The molecular formula is C12H18N2O2S. The average molecular weight is 254 g/mol. The van der Waals surface area contributed by atoms with Crippen LogP contribution in [-0.2, 0) is 10.0 Å². The van der Waals surface area contributed by atoms with Crippen molar-refractivity contribution in [3.63, 3.8) is 0 Å². The highest BCUT2D eigenvalue weighted by atomic mass is 32.2. The number of rotatable bonds is 2. The van der Waals surface area contributed by atoms with Gasteiger partial charge in [-0.3, -0.25) is 0 Å². The first-order chi connectivity index (χ1) is 8.00. The van der Waals surface area contributed by atoms with Crippen molar-refractivity contribution in [2.45, 2.75) is 24.8 Å². The van der Waals surface area contributed by atoms with Crippen LogP contribution in [0.25, 0.3) is 0 Å². The molecule has 0 saturated carbocycles. The Labute approximate surface area is 103 Å². The van der Waals surface area contributed by atoms with Crippen LogP contribution in [0, 0.1) is 6.92 Å². The monoisotopic (exact) mass is 254 g/mol. The molecule has 1 aliphatic rings. The van der Waals surface area contributed by atoms with E-state index in [4.69, 9.17) is 0 Å². The van der Waals surface area contributed by atoms with Crippen LogP contribution >= 0.6 is 0 Å². The Hall–Kier alpha value is -0.910. The van der Waals surface area contributed by atoms with Crippen LogP contribution in [0.1, 0.15) is 12.5 Å². The number of aryl methyl sites for hydroxylation is 1. The van der Waals surface area contributed by atoms with E-state index >= 15 is 0 Å². The normalized spacial score (nSPS) is 22.6. The zero-order chi connectivity index (χ0) is 12.5. The second-order valence-corrected chi connectivity index (χ2v) is 6.47. The van der Waals surface area contributed by atoms with Crippen LogP contribution in [0.3, 0.4) is 0 Å². The zero-order valence-corrected chi connectivity index (χ0v) is 11.0. The topological polar surface area (TPSA) is 49.4 Å². The van der Waals surface area contributed by atoms with Crippen molar-refractivity contribution in [2.75, 3.05) is 19.6 Å². The minimum Gasteiger partial charge on any atom is -0.312 e. The van der Waals surface area contributed by atoms with Crippen LogP contribution in [0.15, 0.2) is 29.2 Å². The maximum Gasteiger partial charge on any atom is 0.243 e. The van der Waals surface area contributed by atoms with Crippen molar-refractivity contribution >= 4 is 10.0 Å². The lowest BCUT2D eigenvalue weighted by Crippen LogP contribution is -2.51. The standard InChI is InChI=1S/C12H18N2O2S/c1-10-3-5-12(6-4-10)17(15,16)14-8-7-13-11(2)9-14/h3-6,11,13H,7-9H2,1-2H3/t11-/m0/s1. The van der Waals surface area contributed by atoms with Gasteiger partial charge in [-0.1, -0.05) is 17.7 Å². The third-order valence-corrected chi connectivity index (χ3v) is 4.87. The van der Waals surface area contributed by atoms with E-state index in [1.54, 1.807) is 16.4 Å². The summed E-state index contributed by atoms with van der Waals surface area (Å²) >= 11 is 0. The Morgan fingerprint density at radius 2 is 1.94 bits per heavy atom. The molecule has 1 saturated heterocycles. The molecule has 94 valence electrons. The summed E-state index contributed by atoms with van der Waals surface area (Å²) in [6.07, 6.45) is 0. The molecule has 1 atom stereocenters. The van der Waals surface area contributed by atoms with Crippen molar-refractivity contribution < 1.29 is 8.42 Å². The highest BCUT2D eigenvalue weighted by Crippen LogP contribution is 2.17. The Kier molecular flexibility index (Phi) is 3.51. The summed E-state index contributed by atoms with van der Waals surface area (Å²) in [5, 5.41) is 3.24. The molecule has 1 fully saturated rings. The van der Waals surface area contributed by atoms with Gasteiger partial charge >= 0.3 is 0 Å². The summed E-state index contributed by atoms with van der Waals surface area (Å²) in [6, 6.07) is 7.23. The number of sulfonamides is 1. The van der Waals surface area contributed by atoms with Crippen LogP contribution in [0.2, 0.25) is 0 Å². The molecule has 4 nitrogen and oxygen atoms in total. The van der Waals surface area contributed by atoms with E-state index in [9.17, 15) is 8.42 Å². The summed E-state index contributed by atoms with van der Waals surface area (Å²) < 4.78 is 26.2. The summed E-state index contributed by atoms with van der Waals surface area (Å²) in [5.41, 5.74) is 1.07. The van der Waals surface area contributed by atoms with Crippen molar-refractivity contribution in [1.82, 2.24) is 9.62 Å². The van der Waals surface area contributed by atoms with Gasteiger partial charge in [-0.15, -0.1) is 0 Å². The van der Waals surface area contributed by atoms with Crippen LogP contribution in [0.4, 0.5) is 0 Å². The predicted molar refractivity (Wildman–Crippen MR) is 67.4 cm³/mol. The molecule has 1 aliphatic heterocycles. The largest absolute Gasteiger partial charge is 0.312 e. The fraction of sp³-hybridized carbons (Fsp3) is 0.500. The van der Waals surface area contributed by atoms with Crippen molar-refractivity contribution in [2.24, 2.45) is 0 Å². The smallest absolute Gasteiger partial charge is 0.243 e. The summed E-state index contributed by atoms with van der Waals surface area (Å²) in [5.74, 6) is 0. The molecule has 1 N–H and O–H groups in total. The lowest BCUT2D eigenvalue weighted by atomic mass is 10.2. The number of hydrogen-bond acceptors (Lipinski definition) is 3. The highest BCUT2D eigenvalue weighted by Gasteiger charge is 2.28. The SMILES string of the molecule is Cc1ccc(S(=O)(=O)N2CCN[C@@H](C)C2)cc1. The van der Waals surface area contributed by atoms with Crippen molar-refractivity contribution in [3.05, 3.63) is 29.8 Å². The Morgan fingerprint density at radius 3 is 2.53 bits per heavy atom. The number of hydrogen-bond donors (Lipinski definition) is 1. The lowest BCUT2D eigenvalue weighted by molar-refractivity contribution is 0.310. The molecule has 1 aromatic rings. The van der Waals surface area contributed by atoms with Crippen LogP contribution < -0.4 is 5.32 Å². The molecule has 1 heterocycles. The maximum absolute atomic E-state index is 12.3. The van der Waals surface area contributed by atoms with Gasteiger partial charge in [0.05, 0.1) is 4.90 Å². The second-order valence-electron chi connectivity index (χ2n) is 4.53. The molecule has 0 aliphatic carbocycles. The molecular weight excluding hydrogens is 236 g/mol. The summed E-state index contributed by atoms with van der Waals surface area (Å²) in [6.45, 7) is 5.74. The van der Waals surface area contributed by atoms with Gasteiger partial charge in [-0.2, -0.15) is 4.31 Å². The molecule has 0 aromatic heterocycles. The number of nitrogens with one attached hydrogen (secondary N) is 1. The number of benzene rings is 1. The van der Waals surface area contributed by atoms with Gasteiger partial charge in [0.25, 0.3) is 0 Å². The number of nitrogens with zero attached hydrogens (tertiary/aromatic N) is 1. The summed E-state index contributed by atoms with van der Waals surface area (Å²) in [7, 11) is -3.32. The third-order valence-electron chi connectivity index (χ3n) is 2.99. The van der Waals surface area contributed by atoms with Gasteiger partial charge in [0, 0.05) is 25.7 Å². The fourth-order valence-corrected chi connectivity index (χ4v) is 3.50. The molecule has 17 heavy (non-hydrogen) atoms. The van der Waals surface area contributed by atoms with Gasteiger partial charge in [-0.25, -0.2) is 8.42 Å². The quantitative estimate of drug-likeness (QED) is 0.856. The van der Waals surface area contributed by atoms with Gasteiger partial charge in [-0.05, 0) is 26.0 Å². The second kappa shape index (κ2) is 4.76. The molecule has 0 bridgehead atoms. The molecule has 0 radical (unpaired) electrons. The Bertz CT molecular complexity index is 482. The van der Waals surface area contributed by atoms with Crippen molar-refractivity contribution in [1.29, 1.82) is 0 Å². The predicted octanol–water partition coefficient (Wildman–Crippen LogP) is 0.977. The fourth-order valence-electron chi connectivity index (χ4n) is 1.97. The maximum atomic E-state index is 12.3. The van der Waals surface area contributed by atoms with Crippen LogP contribution in [0.5, 0.6) is 0 Å². The van der Waals surface area contributed by atoms with E-state index in [1.807, 2.05) is 26.0 Å². The first kappa shape index (κ1) is 12.5. The highest BCUT2D eigenvalue weighted by molar-refractivity contribution is 7.89. The van der Waals surface area contributed by atoms with E-state index in [0.717, 1.165) is 5.56 Å². The van der Waals surface area contributed by atoms with E-state index < -0.39 is 10.0 Å². The lowest BCUT2D eigenvalue weighted by Gasteiger charge is -2.31. The van der Waals surface area contributed by atoms with Gasteiger partial charge < -0.3 is 5.32 Å². The molecule has 0 spiro atoms. The molecule has 1 aromatic carbocycles. The summed E-state index contributed by atoms with van der Waals surface area (Å²) in [4.78, 5) is 0.386. The first-order valence-electron chi connectivity index (χ1n) is 5.80. The Morgan fingerprint density at radius 1 is 1.29 bits per heavy atom. The van der Waals surface area contributed by atoms with Crippen LogP contribution in [-0.4, -0.2) is 38.4 Å². The molecule has 0 amide bonds. The van der Waals surface area contributed by atoms with Gasteiger partial charge in [0.2, 0.25) is 10.0 Å². The van der Waals surface area contributed by atoms with E-state index in [2.05, 4.69) is 5.32 Å². The van der Waals surface area contributed by atoms with Gasteiger partial charge in [0.1, 0.15) is 0 Å². The van der Waals surface area contributed by atoms with Gasteiger partial charge in [0.15, 0.2) is 0 Å². The minimum atomic E-state index is -3.32. The van der Waals surface area contributed by atoms with E-state index in [0.29, 0.717) is 24.5 Å². The molecule has 2 rings (SSSR count). The third kappa shape index (κ3) is 2.68. The Balaban J connectivity index is 2.26. The molecule has 5 heteroatoms. The van der Waals surface area contributed by atoms with E-state index in [-0.39, 0.29) is 6.04 Å². The number of piperazine rings is 1.